The van der Waals surface area contributed by atoms with Crippen LogP contribution in [0.2, 0.25) is 0 Å². The summed E-state index contributed by atoms with van der Waals surface area (Å²) in [6.45, 7) is 0.615. The number of hydrogen-bond donors (Lipinski definition) is 1. The average Bonchev–Trinajstić information content (AvgIpc) is 2.89. The van der Waals surface area contributed by atoms with Gasteiger partial charge in [0.05, 0.1) is 20.3 Å². The molecule has 1 saturated heterocycles. The molecular formula is C21H25N3O5. The Kier molecular flexibility index (Phi) is 6.66. The van der Waals surface area contributed by atoms with Crippen LogP contribution < -0.4 is 9.47 Å². The largest absolute Gasteiger partial charge is 0.481 e. The molecule has 1 aliphatic rings. The maximum atomic E-state index is 13.0. The number of benzene rings is 1. The van der Waals surface area contributed by atoms with Gasteiger partial charge in [0.15, 0.2) is 0 Å². The number of aromatic nitrogens is 1. The quantitative estimate of drug-likeness (QED) is 0.779. The molecule has 1 atom stereocenters. The van der Waals surface area contributed by atoms with E-state index >= 15 is 0 Å². The van der Waals surface area contributed by atoms with Crippen LogP contribution in [0.4, 0.5) is 0 Å². The Hall–Kier alpha value is -3.13. The molecule has 1 aromatic heterocycles. The summed E-state index contributed by atoms with van der Waals surface area (Å²) in [5.41, 5.74) is 1.33. The molecule has 2 amide bonds. The van der Waals surface area contributed by atoms with Crippen LogP contribution in [0.25, 0.3) is 0 Å². The zero-order valence-electron chi connectivity index (χ0n) is 16.6. The van der Waals surface area contributed by atoms with Crippen molar-refractivity contribution in [1.82, 2.24) is 14.8 Å². The number of rotatable bonds is 6. The second kappa shape index (κ2) is 9.38. The molecule has 8 heteroatoms. The lowest BCUT2D eigenvalue weighted by Crippen LogP contribution is -2.40. The molecule has 2 heterocycles. The van der Waals surface area contributed by atoms with E-state index in [1.165, 1.54) is 19.1 Å². The molecule has 1 unspecified atom stereocenters. The van der Waals surface area contributed by atoms with E-state index in [4.69, 9.17) is 9.47 Å². The summed E-state index contributed by atoms with van der Waals surface area (Å²) < 4.78 is 10.2. The summed E-state index contributed by atoms with van der Waals surface area (Å²) >= 11 is 0. The highest BCUT2D eigenvalue weighted by molar-refractivity contribution is 5.98. The molecule has 1 aromatic carbocycles. The van der Waals surface area contributed by atoms with Gasteiger partial charge in [-0.3, -0.25) is 9.59 Å². The number of aliphatic hydroxyl groups is 1. The third kappa shape index (κ3) is 5.03. The van der Waals surface area contributed by atoms with Crippen LogP contribution in [0, 0.1) is 0 Å². The molecule has 2 aromatic rings. The Labute approximate surface area is 169 Å². The van der Waals surface area contributed by atoms with Crippen molar-refractivity contribution in [3.05, 3.63) is 53.6 Å². The second-order valence-corrected chi connectivity index (χ2v) is 6.83. The van der Waals surface area contributed by atoms with Crippen LogP contribution in [0.1, 0.15) is 15.9 Å². The minimum absolute atomic E-state index is 0.0571. The molecule has 0 radical (unpaired) electrons. The monoisotopic (exact) mass is 399 g/mol. The minimum atomic E-state index is -0.835. The summed E-state index contributed by atoms with van der Waals surface area (Å²) in [6, 6.07) is 12.9. The summed E-state index contributed by atoms with van der Waals surface area (Å²) in [5, 5.41) is 10.4. The van der Waals surface area contributed by atoms with Crippen molar-refractivity contribution in [2.75, 3.05) is 40.4 Å². The van der Waals surface area contributed by atoms with Crippen LogP contribution in [-0.2, 0) is 11.2 Å². The SMILES string of the molecule is COc1ccc(C(=O)N2CC(=O)N(CCc3ccccc3)CC(O)C2)c(OC)n1. The van der Waals surface area contributed by atoms with Gasteiger partial charge < -0.3 is 24.4 Å². The molecule has 0 spiro atoms. The van der Waals surface area contributed by atoms with Crippen LogP contribution in [0.5, 0.6) is 11.8 Å². The van der Waals surface area contributed by atoms with Gasteiger partial charge in [-0.05, 0) is 18.1 Å². The lowest BCUT2D eigenvalue weighted by molar-refractivity contribution is -0.131. The standard InChI is InChI=1S/C21H25N3O5/c1-28-18-9-8-17(20(22-18)29-2)21(27)24-13-16(25)12-23(19(26)14-24)11-10-15-6-4-3-5-7-15/h3-9,16,25H,10-14H2,1-2H3. The summed E-state index contributed by atoms with van der Waals surface area (Å²) in [4.78, 5) is 32.8. The van der Waals surface area contributed by atoms with Gasteiger partial charge in [0, 0.05) is 25.7 Å². The van der Waals surface area contributed by atoms with E-state index in [-0.39, 0.29) is 37.0 Å². The maximum absolute atomic E-state index is 13.0. The van der Waals surface area contributed by atoms with E-state index in [2.05, 4.69) is 4.98 Å². The predicted molar refractivity (Wildman–Crippen MR) is 106 cm³/mol. The van der Waals surface area contributed by atoms with Crippen LogP contribution >= 0.6 is 0 Å². The highest BCUT2D eigenvalue weighted by atomic mass is 16.5. The zero-order chi connectivity index (χ0) is 20.8. The number of carbonyl (C=O) groups is 2. The first-order valence-corrected chi connectivity index (χ1v) is 9.40. The highest BCUT2D eigenvalue weighted by Crippen LogP contribution is 2.22. The molecule has 1 N–H and O–H groups in total. The van der Waals surface area contributed by atoms with Gasteiger partial charge in [-0.2, -0.15) is 4.98 Å². The maximum Gasteiger partial charge on any atom is 0.259 e. The third-order valence-electron chi connectivity index (χ3n) is 4.81. The number of β-amino-alcohol motifs (C(OH)–C–C–N with tert-alkyl or cyclic N) is 1. The zero-order valence-corrected chi connectivity index (χ0v) is 16.6. The van der Waals surface area contributed by atoms with Crippen molar-refractivity contribution in [2.45, 2.75) is 12.5 Å². The molecule has 154 valence electrons. The molecule has 3 rings (SSSR count). The van der Waals surface area contributed by atoms with E-state index in [0.717, 1.165) is 5.56 Å². The first kappa shape index (κ1) is 20.6. The van der Waals surface area contributed by atoms with E-state index in [1.807, 2.05) is 30.3 Å². The topological polar surface area (TPSA) is 92.2 Å². The van der Waals surface area contributed by atoms with Crippen molar-refractivity contribution in [3.8, 4) is 11.8 Å². The van der Waals surface area contributed by atoms with E-state index < -0.39 is 12.0 Å². The lowest BCUT2D eigenvalue weighted by atomic mass is 10.1. The fourth-order valence-electron chi connectivity index (χ4n) is 3.30. The highest BCUT2D eigenvalue weighted by Gasteiger charge is 2.31. The molecule has 0 aliphatic carbocycles. The van der Waals surface area contributed by atoms with Crippen molar-refractivity contribution < 1.29 is 24.2 Å². The van der Waals surface area contributed by atoms with Crippen molar-refractivity contribution in [2.24, 2.45) is 0 Å². The van der Waals surface area contributed by atoms with Gasteiger partial charge in [0.1, 0.15) is 12.1 Å². The average molecular weight is 399 g/mol. The first-order chi connectivity index (χ1) is 14.0. The van der Waals surface area contributed by atoms with Crippen LogP contribution in [0.15, 0.2) is 42.5 Å². The van der Waals surface area contributed by atoms with Gasteiger partial charge in [-0.1, -0.05) is 30.3 Å². The molecule has 29 heavy (non-hydrogen) atoms. The predicted octanol–water partition coefficient (Wildman–Crippen LogP) is 0.987. The Bertz CT molecular complexity index is 859. The number of carbonyl (C=O) groups excluding carboxylic acids is 2. The lowest BCUT2D eigenvalue weighted by Gasteiger charge is -2.22. The van der Waals surface area contributed by atoms with Gasteiger partial charge >= 0.3 is 0 Å². The number of aliphatic hydroxyl groups excluding tert-OH is 1. The van der Waals surface area contributed by atoms with Gasteiger partial charge in [-0.25, -0.2) is 0 Å². The fourth-order valence-corrected chi connectivity index (χ4v) is 3.30. The van der Waals surface area contributed by atoms with Gasteiger partial charge in [-0.15, -0.1) is 0 Å². The number of hydrogen-bond acceptors (Lipinski definition) is 6. The Morgan fingerprint density at radius 1 is 1.14 bits per heavy atom. The Morgan fingerprint density at radius 2 is 1.90 bits per heavy atom. The molecule has 8 nitrogen and oxygen atoms in total. The van der Waals surface area contributed by atoms with E-state index in [1.54, 1.807) is 17.0 Å². The van der Waals surface area contributed by atoms with Gasteiger partial charge in [0.2, 0.25) is 17.7 Å². The van der Waals surface area contributed by atoms with Crippen molar-refractivity contribution >= 4 is 11.8 Å². The van der Waals surface area contributed by atoms with Crippen molar-refractivity contribution in [3.63, 3.8) is 0 Å². The number of nitrogens with zero attached hydrogens (tertiary/aromatic N) is 3. The Balaban J connectivity index is 1.72. The first-order valence-electron chi connectivity index (χ1n) is 9.40. The summed E-state index contributed by atoms with van der Waals surface area (Å²) in [6.07, 6.45) is -0.151. The number of amides is 2. The number of pyridine rings is 1. The van der Waals surface area contributed by atoms with E-state index in [9.17, 15) is 14.7 Å². The molecule has 1 aliphatic heterocycles. The minimum Gasteiger partial charge on any atom is -0.481 e. The summed E-state index contributed by atoms with van der Waals surface area (Å²) in [7, 11) is 2.88. The van der Waals surface area contributed by atoms with Crippen LogP contribution in [0.3, 0.4) is 0 Å². The smallest absolute Gasteiger partial charge is 0.259 e. The summed E-state index contributed by atoms with van der Waals surface area (Å²) in [5.74, 6) is -0.195. The van der Waals surface area contributed by atoms with Crippen LogP contribution in [-0.4, -0.2) is 78.2 Å². The third-order valence-corrected chi connectivity index (χ3v) is 4.81. The number of methoxy groups -OCH3 is 2. The van der Waals surface area contributed by atoms with Crippen molar-refractivity contribution in [1.29, 1.82) is 0 Å². The van der Waals surface area contributed by atoms with E-state index in [0.29, 0.717) is 18.8 Å². The Morgan fingerprint density at radius 3 is 2.59 bits per heavy atom. The second-order valence-electron chi connectivity index (χ2n) is 6.83. The molecule has 0 bridgehead atoms. The molecule has 0 saturated carbocycles. The fraction of sp³-hybridized carbons (Fsp3) is 0.381. The normalized spacial score (nSPS) is 17.1. The molecular weight excluding hydrogens is 374 g/mol. The van der Waals surface area contributed by atoms with Gasteiger partial charge in [0.25, 0.3) is 5.91 Å². The number of ether oxygens (including phenoxy) is 2. The molecule has 1 fully saturated rings.